The number of amides is 1. The van der Waals surface area contributed by atoms with Crippen molar-refractivity contribution in [3.63, 3.8) is 0 Å². The predicted molar refractivity (Wildman–Crippen MR) is 95.9 cm³/mol. The second-order valence-electron chi connectivity index (χ2n) is 6.11. The molecule has 0 saturated heterocycles. The Balaban J connectivity index is 1.82. The van der Waals surface area contributed by atoms with Crippen molar-refractivity contribution < 1.29 is 9.53 Å². The van der Waals surface area contributed by atoms with Gasteiger partial charge in [-0.3, -0.25) is 0 Å². The fourth-order valence-corrected chi connectivity index (χ4v) is 2.81. The summed E-state index contributed by atoms with van der Waals surface area (Å²) in [5.74, 6) is 0.442. The van der Waals surface area contributed by atoms with Crippen LogP contribution >= 0.6 is 22.6 Å². The Hall–Kier alpha value is -1.65. The number of nitrogens with zero attached hydrogens (tertiary/aromatic N) is 4. The Morgan fingerprint density at radius 3 is 2.83 bits per heavy atom. The summed E-state index contributed by atoms with van der Waals surface area (Å²) in [5.41, 5.74) is 6.12. The van der Waals surface area contributed by atoms with Crippen molar-refractivity contribution in [1.29, 1.82) is 0 Å². The van der Waals surface area contributed by atoms with Crippen LogP contribution in [0.15, 0.2) is 6.33 Å². The molecule has 2 heterocycles. The molecule has 2 aromatic rings. The number of hydrogen-bond donors (Lipinski definition) is 2. The molecule has 0 aromatic carbocycles. The summed E-state index contributed by atoms with van der Waals surface area (Å²) in [6.45, 7) is 6.77. The van der Waals surface area contributed by atoms with Gasteiger partial charge in [0, 0.05) is 13.1 Å². The van der Waals surface area contributed by atoms with E-state index in [-0.39, 0.29) is 0 Å². The molecule has 9 heteroatoms. The van der Waals surface area contributed by atoms with Gasteiger partial charge >= 0.3 is 6.09 Å². The molecule has 0 spiro atoms. The van der Waals surface area contributed by atoms with E-state index in [9.17, 15) is 4.79 Å². The van der Waals surface area contributed by atoms with Crippen molar-refractivity contribution >= 4 is 45.5 Å². The molecule has 0 fully saturated rings. The number of rotatable bonds is 5. The number of carbonyl (C=O) groups excluding carboxylic acids is 1. The quantitative estimate of drug-likeness (QED) is 0.555. The maximum atomic E-state index is 11.5. The Kier molecular flexibility index (Phi) is 5.60. The van der Waals surface area contributed by atoms with Crippen LogP contribution in [0.3, 0.4) is 0 Å². The first-order valence-electron chi connectivity index (χ1n) is 7.37. The average molecular weight is 432 g/mol. The second-order valence-corrected chi connectivity index (χ2v) is 7.13. The van der Waals surface area contributed by atoms with Crippen molar-refractivity contribution in [1.82, 2.24) is 25.1 Å². The number of nitrogens with two attached hydrogens (primary N) is 1. The smallest absolute Gasteiger partial charge is 0.407 e. The zero-order valence-electron chi connectivity index (χ0n) is 13.5. The van der Waals surface area contributed by atoms with Gasteiger partial charge in [-0.25, -0.2) is 19.4 Å². The molecular formula is C14H21IN6O2. The number of nitrogen functional groups attached to an aromatic ring is 1. The molecule has 3 N–H and O–H groups in total. The van der Waals surface area contributed by atoms with Crippen molar-refractivity contribution in [2.24, 2.45) is 0 Å². The van der Waals surface area contributed by atoms with Gasteiger partial charge in [-0.1, -0.05) is 0 Å². The molecule has 0 aliphatic rings. The summed E-state index contributed by atoms with van der Waals surface area (Å²) in [7, 11) is 0. The van der Waals surface area contributed by atoms with Crippen molar-refractivity contribution in [2.75, 3.05) is 12.3 Å². The molecular weight excluding hydrogens is 411 g/mol. The maximum Gasteiger partial charge on any atom is 0.407 e. The van der Waals surface area contributed by atoms with E-state index in [1.54, 1.807) is 0 Å². The van der Waals surface area contributed by atoms with E-state index >= 15 is 0 Å². The van der Waals surface area contributed by atoms with Crippen LogP contribution < -0.4 is 11.1 Å². The molecule has 0 saturated carbocycles. The van der Waals surface area contributed by atoms with Crippen LogP contribution in [0, 0.1) is 3.70 Å². The van der Waals surface area contributed by atoms with Crippen LogP contribution in [0.2, 0.25) is 0 Å². The highest BCUT2D eigenvalue weighted by molar-refractivity contribution is 14.1. The zero-order valence-corrected chi connectivity index (χ0v) is 15.6. The topological polar surface area (TPSA) is 108 Å². The van der Waals surface area contributed by atoms with Gasteiger partial charge in [0.25, 0.3) is 0 Å². The Morgan fingerprint density at radius 1 is 1.39 bits per heavy atom. The van der Waals surface area contributed by atoms with Crippen molar-refractivity contribution in [3.05, 3.63) is 10.0 Å². The summed E-state index contributed by atoms with van der Waals surface area (Å²) in [5, 5.41) is 7.97. The van der Waals surface area contributed by atoms with E-state index in [1.165, 1.54) is 6.33 Å². The maximum absolute atomic E-state index is 11.5. The molecule has 8 nitrogen and oxygen atoms in total. The number of aromatic nitrogens is 4. The molecule has 0 aliphatic heterocycles. The van der Waals surface area contributed by atoms with E-state index in [0.29, 0.717) is 18.9 Å². The van der Waals surface area contributed by atoms with E-state index in [4.69, 9.17) is 10.5 Å². The third-order valence-corrected chi connectivity index (χ3v) is 3.74. The fraction of sp³-hybridized carbons (Fsp3) is 0.571. The average Bonchev–Trinajstić information content (AvgIpc) is 2.74. The summed E-state index contributed by atoms with van der Waals surface area (Å²) in [6, 6.07) is 0. The van der Waals surface area contributed by atoms with Crippen molar-refractivity contribution in [3.8, 4) is 0 Å². The number of nitrogens with one attached hydrogen (secondary N) is 1. The molecule has 0 unspecified atom stereocenters. The lowest BCUT2D eigenvalue weighted by Gasteiger charge is -2.19. The molecule has 126 valence electrons. The van der Waals surface area contributed by atoms with Crippen molar-refractivity contribution in [2.45, 2.75) is 45.8 Å². The van der Waals surface area contributed by atoms with Gasteiger partial charge in [-0.05, 0) is 56.2 Å². The van der Waals surface area contributed by atoms with Gasteiger partial charge in [-0.15, -0.1) is 0 Å². The lowest BCUT2D eigenvalue weighted by molar-refractivity contribution is 0.0527. The van der Waals surface area contributed by atoms with Crippen LogP contribution in [0.1, 0.15) is 33.6 Å². The molecule has 23 heavy (non-hydrogen) atoms. The van der Waals surface area contributed by atoms with Crippen LogP contribution in [0.4, 0.5) is 10.6 Å². The van der Waals surface area contributed by atoms with Crippen LogP contribution in [-0.4, -0.2) is 38.0 Å². The number of hydrogen-bond acceptors (Lipinski definition) is 6. The van der Waals surface area contributed by atoms with E-state index in [2.05, 4.69) is 43.0 Å². The normalized spacial score (nSPS) is 11.7. The molecule has 0 bridgehead atoms. The van der Waals surface area contributed by atoms with Gasteiger partial charge in [0.1, 0.15) is 21.4 Å². The number of fused-ring (bicyclic) bond motifs is 1. The Bertz CT molecular complexity index is 694. The number of halogens is 1. The van der Waals surface area contributed by atoms with Gasteiger partial charge < -0.3 is 15.8 Å². The minimum absolute atomic E-state index is 0.392. The van der Waals surface area contributed by atoms with Gasteiger partial charge in [0.05, 0.1) is 5.39 Å². The number of unbranched alkanes of at least 4 members (excludes halogenated alkanes) is 1. The standard InChI is InChI=1S/C14H21IN6O2/c1-14(2,3)23-13(22)17-6-4-5-7-21-12-9(10(15)20-21)11(16)18-8-19-12/h8H,4-7H2,1-3H3,(H,17,22)(H2,16,18,19). The number of aryl methyl sites for hydroxylation is 1. The third-order valence-electron chi connectivity index (χ3n) is 2.98. The van der Waals surface area contributed by atoms with Gasteiger partial charge in [-0.2, -0.15) is 5.10 Å². The minimum atomic E-state index is -0.478. The first-order chi connectivity index (χ1) is 10.8. The number of carbonyl (C=O) groups is 1. The molecule has 0 radical (unpaired) electrons. The SMILES string of the molecule is CC(C)(C)OC(=O)NCCCCn1nc(I)c2c(N)ncnc21. The van der Waals surface area contributed by atoms with E-state index in [0.717, 1.165) is 27.6 Å². The molecule has 0 atom stereocenters. The lowest BCUT2D eigenvalue weighted by atomic mass is 10.2. The second kappa shape index (κ2) is 7.28. The Labute approximate surface area is 148 Å². The van der Waals surface area contributed by atoms with Crippen LogP contribution in [-0.2, 0) is 11.3 Å². The molecule has 2 aromatic heterocycles. The van der Waals surface area contributed by atoms with E-state index < -0.39 is 11.7 Å². The highest BCUT2D eigenvalue weighted by Gasteiger charge is 2.15. The molecule has 0 aliphatic carbocycles. The first kappa shape index (κ1) is 17.7. The lowest BCUT2D eigenvalue weighted by Crippen LogP contribution is -2.33. The minimum Gasteiger partial charge on any atom is -0.444 e. The zero-order chi connectivity index (χ0) is 17.0. The third kappa shape index (κ3) is 4.91. The number of anilines is 1. The highest BCUT2D eigenvalue weighted by atomic mass is 127. The summed E-state index contributed by atoms with van der Waals surface area (Å²) in [6.07, 6.45) is 2.72. The van der Waals surface area contributed by atoms with E-state index in [1.807, 2.05) is 25.5 Å². The van der Waals surface area contributed by atoms with Crippen LogP contribution in [0.5, 0.6) is 0 Å². The van der Waals surface area contributed by atoms with Gasteiger partial charge in [0.2, 0.25) is 0 Å². The predicted octanol–water partition coefficient (Wildman–Crippen LogP) is 2.32. The summed E-state index contributed by atoms with van der Waals surface area (Å²) >= 11 is 2.13. The number of alkyl carbamates (subject to hydrolysis) is 1. The molecule has 2 rings (SSSR count). The highest BCUT2D eigenvalue weighted by Crippen LogP contribution is 2.22. The van der Waals surface area contributed by atoms with Crippen LogP contribution in [0.25, 0.3) is 11.0 Å². The molecule has 1 amide bonds. The fourth-order valence-electron chi connectivity index (χ4n) is 2.03. The first-order valence-corrected chi connectivity index (χ1v) is 8.45. The monoisotopic (exact) mass is 432 g/mol. The number of ether oxygens (including phenoxy) is 1. The largest absolute Gasteiger partial charge is 0.444 e. The summed E-state index contributed by atoms with van der Waals surface area (Å²) in [4.78, 5) is 19.8. The summed E-state index contributed by atoms with van der Waals surface area (Å²) < 4.78 is 7.79. The van der Waals surface area contributed by atoms with Gasteiger partial charge in [0.15, 0.2) is 5.65 Å². The Morgan fingerprint density at radius 2 is 2.13 bits per heavy atom.